The highest BCUT2D eigenvalue weighted by molar-refractivity contribution is 6.03. The van der Waals surface area contributed by atoms with E-state index < -0.39 is 0 Å². The van der Waals surface area contributed by atoms with Crippen LogP contribution in [0.15, 0.2) is 42.7 Å². The second-order valence-electron chi connectivity index (χ2n) is 4.58. The summed E-state index contributed by atoms with van der Waals surface area (Å²) in [4.78, 5) is 16.4. The van der Waals surface area contributed by atoms with Crippen LogP contribution in [0.2, 0.25) is 0 Å². The molecule has 0 bridgehead atoms. The fourth-order valence-electron chi connectivity index (χ4n) is 2.09. The summed E-state index contributed by atoms with van der Waals surface area (Å²) in [6.07, 6.45) is 3.20. The van der Waals surface area contributed by atoms with Gasteiger partial charge >= 0.3 is 0 Å². The monoisotopic (exact) mass is 282 g/mol. The molecule has 6 heteroatoms. The lowest BCUT2D eigenvalue weighted by atomic mass is 10.2. The van der Waals surface area contributed by atoms with Crippen LogP contribution in [-0.2, 0) is 7.05 Å². The van der Waals surface area contributed by atoms with Gasteiger partial charge in [-0.2, -0.15) is 5.10 Å². The molecule has 3 aromatic rings. The van der Waals surface area contributed by atoms with Gasteiger partial charge in [0, 0.05) is 24.7 Å². The largest absolute Gasteiger partial charge is 0.497 e. The molecule has 106 valence electrons. The third-order valence-corrected chi connectivity index (χ3v) is 3.20. The van der Waals surface area contributed by atoms with Crippen molar-refractivity contribution in [2.45, 2.75) is 0 Å². The minimum atomic E-state index is -0.218. The van der Waals surface area contributed by atoms with Crippen molar-refractivity contribution >= 4 is 22.5 Å². The highest BCUT2D eigenvalue weighted by atomic mass is 16.5. The van der Waals surface area contributed by atoms with E-state index in [1.165, 1.54) is 4.68 Å². The zero-order valence-corrected chi connectivity index (χ0v) is 11.7. The first kappa shape index (κ1) is 13.1. The van der Waals surface area contributed by atoms with Crippen LogP contribution in [0.5, 0.6) is 5.75 Å². The Labute approximate surface area is 121 Å². The number of nitrogens with one attached hydrogen (secondary N) is 1. The number of carbonyl (C=O) groups excluding carboxylic acids is 1. The first-order chi connectivity index (χ1) is 10.2. The summed E-state index contributed by atoms with van der Waals surface area (Å²) in [7, 11) is 3.34. The van der Waals surface area contributed by atoms with Crippen LogP contribution in [0.4, 0.5) is 5.69 Å². The first-order valence-electron chi connectivity index (χ1n) is 6.40. The predicted octanol–water partition coefficient (Wildman–Crippen LogP) is 2.23. The number of fused-ring (bicyclic) bond motifs is 1. The van der Waals surface area contributed by atoms with E-state index in [0.717, 1.165) is 16.7 Å². The average molecular weight is 282 g/mol. The van der Waals surface area contributed by atoms with E-state index in [1.807, 2.05) is 24.3 Å². The highest BCUT2D eigenvalue weighted by Crippen LogP contribution is 2.21. The van der Waals surface area contributed by atoms with Gasteiger partial charge in [0.25, 0.3) is 5.91 Å². The number of methoxy groups -OCH3 is 1. The maximum atomic E-state index is 12.1. The molecule has 0 fully saturated rings. The van der Waals surface area contributed by atoms with Crippen LogP contribution >= 0.6 is 0 Å². The lowest BCUT2D eigenvalue weighted by molar-refractivity contribution is 0.101. The number of hydrogen-bond acceptors (Lipinski definition) is 4. The van der Waals surface area contributed by atoms with Gasteiger partial charge in [0.15, 0.2) is 0 Å². The van der Waals surface area contributed by atoms with Crippen LogP contribution < -0.4 is 10.1 Å². The van der Waals surface area contributed by atoms with Gasteiger partial charge in [0.2, 0.25) is 0 Å². The van der Waals surface area contributed by atoms with Gasteiger partial charge in [0.05, 0.1) is 24.5 Å². The number of carbonyl (C=O) groups is 1. The smallest absolute Gasteiger partial charge is 0.273 e. The number of amides is 1. The molecule has 6 nitrogen and oxygen atoms in total. The van der Waals surface area contributed by atoms with Crippen molar-refractivity contribution in [3.8, 4) is 5.75 Å². The maximum absolute atomic E-state index is 12.1. The third kappa shape index (κ3) is 2.55. The number of aromatic nitrogens is 3. The Hall–Kier alpha value is -2.89. The van der Waals surface area contributed by atoms with E-state index in [2.05, 4.69) is 15.4 Å². The van der Waals surface area contributed by atoms with E-state index in [4.69, 9.17) is 4.74 Å². The highest BCUT2D eigenvalue weighted by Gasteiger charge is 2.10. The number of rotatable bonds is 3. The number of ether oxygens (including phenoxy) is 1. The fraction of sp³-hybridized carbons (Fsp3) is 0.133. The molecule has 21 heavy (non-hydrogen) atoms. The van der Waals surface area contributed by atoms with Crippen molar-refractivity contribution in [1.29, 1.82) is 0 Å². The Morgan fingerprint density at radius 1 is 1.29 bits per heavy atom. The molecule has 3 rings (SSSR count). The second-order valence-corrected chi connectivity index (χ2v) is 4.58. The molecule has 0 spiro atoms. The number of anilines is 1. The molecule has 1 N–H and O–H groups in total. The summed E-state index contributed by atoms with van der Waals surface area (Å²) in [5.41, 5.74) is 1.94. The fourth-order valence-corrected chi connectivity index (χ4v) is 2.09. The Kier molecular flexibility index (Phi) is 3.27. The minimum absolute atomic E-state index is 0.218. The summed E-state index contributed by atoms with van der Waals surface area (Å²) in [6, 6.07) is 9.14. The molecule has 2 aromatic heterocycles. The van der Waals surface area contributed by atoms with Gasteiger partial charge < -0.3 is 10.1 Å². The first-order valence-corrected chi connectivity index (χ1v) is 6.40. The van der Waals surface area contributed by atoms with Crippen molar-refractivity contribution < 1.29 is 9.53 Å². The molecule has 0 atom stereocenters. The topological polar surface area (TPSA) is 69.0 Å². The molecular weight excluding hydrogens is 268 g/mol. The minimum Gasteiger partial charge on any atom is -0.497 e. The van der Waals surface area contributed by atoms with Crippen molar-refractivity contribution in [2.24, 2.45) is 7.05 Å². The number of hydrogen-bond donors (Lipinski definition) is 1. The normalized spacial score (nSPS) is 10.6. The van der Waals surface area contributed by atoms with Crippen LogP contribution in [0.1, 0.15) is 10.5 Å². The van der Waals surface area contributed by atoms with Crippen molar-refractivity contribution in [1.82, 2.24) is 14.8 Å². The maximum Gasteiger partial charge on any atom is 0.273 e. The zero-order chi connectivity index (χ0) is 14.8. The number of pyridine rings is 1. The SMILES string of the molecule is COc1ccc2cc(NC(=O)c3ccnn3C)cnc2c1. The van der Waals surface area contributed by atoms with Crippen molar-refractivity contribution in [2.75, 3.05) is 12.4 Å². The van der Waals surface area contributed by atoms with E-state index in [9.17, 15) is 4.79 Å². The number of nitrogens with zero attached hydrogens (tertiary/aromatic N) is 3. The molecule has 0 radical (unpaired) electrons. The summed E-state index contributed by atoms with van der Waals surface area (Å²) < 4.78 is 6.68. The summed E-state index contributed by atoms with van der Waals surface area (Å²) in [5, 5.41) is 7.72. The summed E-state index contributed by atoms with van der Waals surface area (Å²) in [5.74, 6) is 0.534. The molecule has 1 aromatic carbocycles. The molecule has 2 heterocycles. The van der Waals surface area contributed by atoms with Gasteiger partial charge in [-0.05, 0) is 24.3 Å². The lowest BCUT2D eigenvalue weighted by Gasteiger charge is -2.07. The number of benzene rings is 1. The van der Waals surface area contributed by atoms with Gasteiger partial charge in [-0.15, -0.1) is 0 Å². The van der Waals surface area contributed by atoms with E-state index >= 15 is 0 Å². The summed E-state index contributed by atoms with van der Waals surface area (Å²) >= 11 is 0. The Balaban J connectivity index is 1.88. The molecule has 0 saturated carbocycles. The second kappa shape index (κ2) is 5.24. The van der Waals surface area contributed by atoms with Crippen LogP contribution in [0, 0.1) is 0 Å². The quantitative estimate of drug-likeness (QED) is 0.799. The molecule has 0 unspecified atom stereocenters. The van der Waals surface area contributed by atoms with Gasteiger partial charge in [-0.3, -0.25) is 14.5 Å². The number of aryl methyl sites for hydroxylation is 1. The van der Waals surface area contributed by atoms with E-state index in [1.54, 1.807) is 32.6 Å². The van der Waals surface area contributed by atoms with Gasteiger partial charge in [-0.1, -0.05) is 0 Å². The molecule has 1 amide bonds. The average Bonchev–Trinajstić information content (AvgIpc) is 2.93. The van der Waals surface area contributed by atoms with Crippen LogP contribution in [0.3, 0.4) is 0 Å². The van der Waals surface area contributed by atoms with Gasteiger partial charge in [0.1, 0.15) is 11.4 Å². The zero-order valence-electron chi connectivity index (χ0n) is 11.7. The van der Waals surface area contributed by atoms with Crippen LogP contribution in [-0.4, -0.2) is 27.8 Å². The Bertz CT molecular complexity index is 810. The Morgan fingerprint density at radius 3 is 2.86 bits per heavy atom. The van der Waals surface area contributed by atoms with Crippen molar-refractivity contribution in [3.05, 3.63) is 48.4 Å². The molecule has 0 aliphatic carbocycles. The predicted molar refractivity (Wildman–Crippen MR) is 79.5 cm³/mol. The van der Waals surface area contributed by atoms with Crippen LogP contribution in [0.25, 0.3) is 10.9 Å². The van der Waals surface area contributed by atoms with E-state index in [-0.39, 0.29) is 5.91 Å². The van der Waals surface area contributed by atoms with Crippen molar-refractivity contribution in [3.63, 3.8) is 0 Å². The summed E-state index contributed by atoms with van der Waals surface area (Å²) in [6.45, 7) is 0. The third-order valence-electron chi connectivity index (χ3n) is 3.20. The van der Waals surface area contributed by atoms with E-state index in [0.29, 0.717) is 11.4 Å². The molecular formula is C15H14N4O2. The lowest BCUT2D eigenvalue weighted by Crippen LogP contribution is -2.16. The molecule has 0 aliphatic heterocycles. The Morgan fingerprint density at radius 2 is 2.14 bits per heavy atom. The standard InChI is InChI=1S/C15H14N4O2/c1-19-14(5-6-17-19)15(20)18-11-7-10-3-4-12(21-2)8-13(10)16-9-11/h3-9H,1-2H3,(H,18,20). The van der Waals surface area contributed by atoms with Gasteiger partial charge in [-0.25, -0.2) is 0 Å². The molecule has 0 aliphatic rings. The molecule has 0 saturated heterocycles.